The van der Waals surface area contributed by atoms with Crippen LogP contribution < -0.4 is 4.90 Å². The molecule has 3 nitrogen and oxygen atoms in total. The Kier molecular flexibility index (Phi) is 4.83. The molecule has 0 spiro atoms. The quantitative estimate of drug-likeness (QED) is 0.751. The van der Waals surface area contributed by atoms with E-state index < -0.39 is 5.97 Å². The van der Waals surface area contributed by atoms with E-state index in [1.165, 1.54) is 11.3 Å². The molecule has 88 valence electrons. The zero-order valence-corrected chi connectivity index (χ0v) is 9.94. The molecule has 0 atom stereocenters. The summed E-state index contributed by atoms with van der Waals surface area (Å²) in [4.78, 5) is 12.5. The number of aryl methyl sites for hydroxylation is 1. The van der Waals surface area contributed by atoms with Crippen molar-refractivity contribution < 1.29 is 9.90 Å². The maximum atomic E-state index is 10.4. The number of aliphatic carboxylic acids is 1. The minimum absolute atomic E-state index is 0.265. The number of nitrogens with zero attached hydrogens (tertiary/aromatic N) is 1. The van der Waals surface area contributed by atoms with E-state index in [2.05, 4.69) is 24.0 Å². The molecule has 3 heteroatoms. The molecule has 0 aliphatic heterocycles. The maximum absolute atomic E-state index is 10.4. The Balaban J connectivity index is 2.38. The van der Waals surface area contributed by atoms with Gasteiger partial charge < -0.3 is 10.0 Å². The monoisotopic (exact) mass is 221 g/mol. The molecule has 16 heavy (non-hydrogen) atoms. The van der Waals surface area contributed by atoms with Crippen molar-refractivity contribution in [2.24, 2.45) is 0 Å². The molecule has 0 fully saturated rings. The van der Waals surface area contributed by atoms with Gasteiger partial charge in [0.1, 0.15) is 0 Å². The van der Waals surface area contributed by atoms with Crippen LogP contribution in [0.4, 0.5) is 5.69 Å². The van der Waals surface area contributed by atoms with Gasteiger partial charge in [-0.1, -0.05) is 18.2 Å². The van der Waals surface area contributed by atoms with Crippen LogP contribution in [0.3, 0.4) is 0 Å². The maximum Gasteiger partial charge on any atom is 0.303 e. The summed E-state index contributed by atoms with van der Waals surface area (Å²) in [6.07, 6.45) is 1.92. The van der Waals surface area contributed by atoms with Gasteiger partial charge in [-0.05, 0) is 31.4 Å². The fourth-order valence-electron chi connectivity index (χ4n) is 1.74. The van der Waals surface area contributed by atoms with Crippen LogP contribution in [0.25, 0.3) is 0 Å². The summed E-state index contributed by atoms with van der Waals surface area (Å²) in [5.74, 6) is -0.710. The second-order valence-electron chi connectivity index (χ2n) is 4.06. The number of rotatable bonds is 6. The highest BCUT2D eigenvalue weighted by Crippen LogP contribution is 2.18. The molecule has 0 saturated carbocycles. The second kappa shape index (κ2) is 6.16. The van der Waals surface area contributed by atoms with Crippen molar-refractivity contribution in [2.75, 3.05) is 18.5 Å². The lowest BCUT2D eigenvalue weighted by Gasteiger charge is -2.21. The molecular weight excluding hydrogens is 202 g/mol. The largest absolute Gasteiger partial charge is 0.481 e. The summed E-state index contributed by atoms with van der Waals surface area (Å²) >= 11 is 0. The van der Waals surface area contributed by atoms with Gasteiger partial charge in [-0.25, -0.2) is 0 Å². The highest BCUT2D eigenvalue weighted by molar-refractivity contribution is 5.66. The number of carboxylic acids is 1. The molecule has 0 aliphatic rings. The van der Waals surface area contributed by atoms with Gasteiger partial charge >= 0.3 is 5.97 Å². The average molecular weight is 221 g/mol. The first-order valence-corrected chi connectivity index (χ1v) is 5.60. The number of hydrogen-bond donors (Lipinski definition) is 1. The molecule has 0 aliphatic carbocycles. The van der Waals surface area contributed by atoms with Crippen LogP contribution in [0.5, 0.6) is 0 Å². The third kappa shape index (κ3) is 3.93. The van der Waals surface area contributed by atoms with E-state index in [-0.39, 0.29) is 6.42 Å². The van der Waals surface area contributed by atoms with Crippen molar-refractivity contribution in [3.05, 3.63) is 29.8 Å². The molecule has 0 aromatic heterocycles. The zero-order chi connectivity index (χ0) is 12.0. The number of unbranched alkanes of at least 4 members (excludes halogenated alkanes) is 1. The van der Waals surface area contributed by atoms with E-state index in [4.69, 9.17) is 5.11 Å². The van der Waals surface area contributed by atoms with E-state index in [1.807, 2.05) is 19.2 Å². The molecule has 0 bridgehead atoms. The molecule has 0 radical (unpaired) electrons. The summed E-state index contributed by atoms with van der Waals surface area (Å²) in [7, 11) is 2.04. The number of carbonyl (C=O) groups is 1. The van der Waals surface area contributed by atoms with Crippen molar-refractivity contribution in [3.63, 3.8) is 0 Å². The molecular formula is C13H19NO2. The van der Waals surface area contributed by atoms with Crippen LogP contribution in [0.2, 0.25) is 0 Å². The number of anilines is 1. The lowest BCUT2D eigenvalue weighted by molar-refractivity contribution is -0.137. The Labute approximate surface area is 96.7 Å². The van der Waals surface area contributed by atoms with Crippen molar-refractivity contribution in [1.82, 2.24) is 0 Å². The Morgan fingerprint density at radius 2 is 2.00 bits per heavy atom. The summed E-state index contributed by atoms with van der Waals surface area (Å²) < 4.78 is 0. The first-order chi connectivity index (χ1) is 7.61. The first-order valence-electron chi connectivity index (χ1n) is 5.60. The minimum atomic E-state index is -0.710. The summed E-state index contributed by atoms with van der Waals surface area (Å²) in [6.45, 7) is 2.99. The van der Waals surface area contributed by atoms with Crippen LogP contribution in [0.1, 0.15) is 24.8 Å². The average Bonchev–Trinajstić information content (AvgIpc) is 2.24. The molecule has 1 aromatic carbocycles. The Hall–Kier alpha value is -1.51. The van der Waals surface area contributed by atoms with E-state index in [0.29, 0.717) is 0 Å². The second-order valence-corrected chi connectivity index (χ2v) is 4.06. The smallest absolute Gasteiger partial charge is 0.303 e. The Morgan fingerprint density at radius 1 is 1.31 bits per heavy atom. The van der Waals surface area contributed by atoms with Gasteiger partial charge in [0.2, 0.25) is 0 Å². The van der Waals surface area contributed by atoms with Crippen molar-refractivity contribution in [2.45, 2.75) is 26.2 Å². The van der Waals surface area contributed by atoms with Crippen molar-refractivity contribution in [1.29, 1.82) is 0 Å². The highest BCUT2D eigenvalue weighted by Gasteiger charge is 2.03. The minimum Gasteiger partial charge on any atom is -0.481 e. The first kappa shape index (κ1) is 12.6. The van der Waals surface area contributed by atoms with E-state index >= 15 is 0 Å². The lowest BCUT2D eigenvalue weighted by atomic mass is 10.1. The third-order valence-corrected chi connectivity index (χ3v) is 2.66. The summed E-state index contributed by atoms with van der Waals surface area (Å²) in [6, 6.07) is 8.22. The van der Waals surface area contributed by atoms with Crippen LogP contribution in [-0.2, 0) is 4.79 Å². The molecule has 0 amide bonds. The van der Waals surface area contributed by atoms with Gasteiger partial charge in [-0.15, -0.1) is 0 Å². The number of para-hydroxylation sites is 1. The highest BCUT2D eigenvalue weighted by atomic mass is 16.4. The van der Waals surface area contributed by atoms with Gasteiger partial charge in [0.25, 0.3) is 0 Å². The summed E-state index contributed by atoms with van der Waals surface area (Å²) in [5.41, 5.74) is 2.47. The Morgan fingerprint density at radius 3 is 2.62 bits per heavy atom. The number of hydrogen-bond acceptors (Lipinski definition) is 2. The fourth-order valence-corrected chi connectivity index (χ4v) is 1.74. The molecule has 0 saturated heterocycles. The van der Waals surface area contributed by atoms with Gasteiger partial charge in [0, 0.05) is 25.7 Å². The van der Waals surface area contributed by atoms with Gasteiger partial charge in [-0.2, -0.15) is 0 Å². The molecule has 0 unspecified atom stereocenters. The lowest BCUT2D eigenvalue weighted by Crippen LogP contribution is -2.19. The van der Waals surface area contributed by atoms with E-state index in [9.17, 15) is 4.79 Å². The molecule has 0 heterocycles. The van der Waals surface area contributed by atoms with Gasteiger partial charge in [0.15, 0.2) is 0 Å². The molecule has 1 aromatic rings. The molecule has 1 N–H and O–H groups in total. The van der Waals surface area contributed by atoms with Gasteiger partial charge in [-0.3, -0.25) is 4.79 Å². The predicted octanol–water partition coefficient (Wildman–Crippen LogP) is 2.69. The molecule has 1 rings (SSSR count). The van der Waals surface area contributed by atoms with E-state index in [0.717, 1.165) is 19.4 Å². The predicted molar refractivity (Wildman–Crippen MR) is 65.9 cm³/mol. The Bertz CT molecular complexity index is 350. The standard InChI is InChI=1S/C13H19NO2/c1-11-7-3-4-8-12(11)14(2)10-6-5-9-13(15)16/h3-4,7-8H,5-6,9-10H2,1-2H3,(H,15,16). The SMILES string of the molecule is Cc1ccccc1N(C)CCCCC(=O)O. The third-order valence-electron chi connectivity index (χ3n) is 2.66. The zero-order valence-electron chi connectivity index (χ0n) is 9.94. The van der Waals surface area contributed by atoms with E-state index in [1.54, 1.807) is 0 Å². The van der Waals surface area contributed by atoms with Crippen LogP contribution in [0.15, 0.2) is 24.3 Å². The van der Waals surface area contributed by atoms with Crippen molar-refractivity contribution >= 4 is 11.7 Å². The van der Waals surface area contributed by atoms with Crippen LogP contribution in [0, 0.1) is 6.92 Å². The van der Waals surface area contributed by atoms with Crippen LogP contribution >= 0.6 is 0 Å². The summed E-state index contributed by atoms with van der Waals surface area (Å²) in [5, 5.41) is 8.53. The normalized spacial score (nSPS) is 10.1. The number of benzene rings is 1. The number of carboxylic acid groups (broad SMARTS) is 1. The fraction of sp³-hybridized carbons (Fsp3) is 0.462. The van der Waals surface area contributed by atoms with Gasteiger partial charge in [0.05, 0.1) is 0 Å². The van der Waals surface area contributed by atoms with Crippen molar-refractivity contribution in [3.8, 4) is 0 Å². The van der Waals surface area contributed by atoms with Crippen LogP contribution in [-0.4, -0.2) is 24.7 Å². The topological polar surface area (TPSA) is 40.5 Å².